The third-order valence-corrected chi connectivity index (χ3v) is 4.72. The van der Waals surface area contributed by atoms with Gasteiger partial charge >= 0.3 is 0 Å². The smallest absolute Gasteiger partial charge is 0.257 e. The molecule has 2 aliphatic rings. The number of nitrogens with one attached hydrogen (secondary N) is 1. The van der Waals surface area contributed by atoms with Crippen LogP contribution in [0.4, 0.5) is 5.69 Å². The van der Waals surface area contributed by atoms with Gasteiger partial charge in [0.25, 0.3) is 5.91 Å². The number of hydrogen-bond acceptors (Lipinski definition) is 4. The lowest BCUT2D eigenvalue weighted by Gasteiger charge is -2.22. The highest BCUT2D eigenvalue weighted by atomic mass is 32.2. The van der Waals surface area contributed by atoms with Crippen molar-refractivity contribution in [3.8, 4) is 0 Å². The SMILES string of the molecule is CN(C)CCN=C1Nc2ccccc2C(=O)N2CSCC12. The fourth-order valence-electron chi connectivity index (χ4n) is 2.54. The number of carbonyl (C=O) groups excluding carboxylic acids is 1. The van der Waals surface area contributed by atoms with Crippen LogP contribution >= 0.6 is 11.8 Å². The van der Waals surface area contributed by atoms with Crippen LogP contribution in [0.5, 0.6) is 0 Å². The zero-order valence-electron chi connectivity index (χ0n) is 12.4. The molecule has 1 aromatic rings. The van der Waals surface area contributed by atoms with Crippen molar-refractivity contribution in [2.24, 2.45) is 4.99 Å². The van der Waals surface area contributed by atoms with Crippen molar-refractivity contribution in [3.05, 3.63) is 29.8 Å². The van der Waals surface area contributed by atoms with Gasteiger partial charge < -0.3 is 15.1 Å². The zero-order valence-corrected chi connectivity index (χ0v) is 13.2. The van der Waals surface area contributed by atoms with Crippen molar-refractivity contribution in [2.45, 2.75) is 6.04 Å². The Morgan fingerprint density at radius 2 is 2.24 bits per heavy atom. The average molecular weight is 304 g/mol. The van der Waals surface area contributed by atoms with E-state index in [0.29, 0.717) is 0 Å². The first kappa shape index (κ1) is 14.4. The molecule has 1 saturated heterocycles. The second-order valence-corrected chi connectivity index (χ2v) is 6.53. The Hall–Kier alpha value is -1.53. The van der Waals surface area contributed by atoms with E-state index >= 15 is 0 Å². The van der Waals surface area contributed by atoms with E-state index in [4.69, 9.17) is 4.99 Å². The lowest BCUT2D eigenvalue weighted by atomic mass is 10.1. The van der Waals surface area contributed by atoms with Gasteiger partial charge in [-0.05, 0) is 26.2 Å². The molecule has 112 valence electrons. The molecule has 2 aliphatic heterocycles. The maximum atomic E-state index is 12.7. The third-order valence-electron chi connectivity index (χ3n) is 3.71. The van der Waals surface area contributed by atoms with Gasteiger partial charge in [-0.1, -0.05) is 12.1 Å². The van der Waals surface area contributed by atoms with Crippen LogP contribution in [0, 0.1) is 0 Å². The first-order chi connectivity index (χ1) is 10.2. The van der Waals surface area contributed by atoms with Gasteiger partial charge in [0, 0.05) is 12.3 Å². The quantitative estimate of drug-likeness (QED) is 0.921. The summed E-state index contributed by atoms with van der Waals surface area (Å²) >= 11 is 1.78. The van der Waals surface area contributed by atoms with E-state index in [1.165, 1.54) is 0 Å². The molecule has 5 nitrogen and oxygen atoms in total. The minimum Gasteiger partial charge on any atom is -0.342 e. The Kier molecular flexibility index (Phi) is 4.17. The van der Waals surface area contributed by atoms with Crippen LogP contribution in [-0.4, -0.2) is 66.4 Å². The van der Waals surface area contributed by atoms with Crippen molar-refractivity contribution in [1.29, 1.82) is 0 Å². The molecule has 0 saturated carbocycles. The van der Waals surface area contributed by atoms with Gasteiger partial charge in [0.1, 0.15) is 5.84 Å². The number of aliphatic imine (C=N–C) groups is 1. The van der Waals surface area contributed by atoms with E-state index in [0.717, 1.165) is 41.8 Å². The van der Waals surface area contributed by atoms with Crippen LogP contribution < -0.4 is 5.32 Å². The largest absolute Gasteiger partial charge is 0.342 e. The number of likely N-dealkylation sites (N-methyl/N-ethyl adjacent to an activating group) is 1. The molecule has 21 heavy (non-hydrogen) atoms. The van der Waals surface area contributed by atoms with Gasteiger partial charge in [-0.15, -0.1) is 11.8 Å². The zero-order chi connectivity index (χ0) is 14.8. The van der Waals surface area contributed by atoms with Gasteiger partial charge in [0.2, 0.25) is 0 Å². The molecule has 1 atom stereocenters. The van der Waals surface area contributed by atoms with Gasteiger partial charge in [-0.25, -0.2) is 0 Å². The summed E-state index contributed by atoms with van der Waals surface area (Å²) in [5.41, 5.74) is 1.60. The van der Waals surface area contributed by atoms with Crippen molar-refractivity contribution in [1.82, 2.24) is 9.80 Å². The maximum Gasteiger partial charge on any atom is 0.257 e. The Morgan fingerprint density at radius 3 is 3.05 bits per heavy atom. The molecule has 1 fully saturated rings. The lowest BCUT2D eigenvalue weighted by molar-refractivity contribution is 0.0783. The molecule has 6 heteroatoms. The first-order valence-electron chi connectivity index (χ1n) is 7.10. The predicted octanol–water partition coefficient (Wildman–Crippen LogP) is 1.59. The molecule has 2 heterocycles. The third kappa shape index (κ3) is 2.91. The van der Waals surface area contributed by atoms with E-state index in [1.807, 2.05) is 43.3 Å². The molecule has 3 rings (SSSR count). The summed E-state index contributed by atoms with van der Waals surface area (Å²) in [6.07, 6.45) is 0. The average Bonchev–Trinajstić information content (AvgIpc) is 2.91. The molecular formula is C15H20N4OS. The Bertz CT molecular complexity index is 573. The van der Waals surface area contributed by atoms with Crippen molar-refractivity contribution < 1.29 is 4.79 Å². The highest BCUT2D eigenvalue weighted by Crippen LogP contribution is 2.30. The number of anilines is 1. The second-order valence-electron chi connectivity index (χ2n) is 5.53. The molecule has 1 N–H and O–H groups in total. The normalized spacial score (nSPS) is 23.0. The number of thioether (sulfide) groups is 1. The number of para-hydroxylation sites is 1. The second kappa shape index (κ2) is 6.07. The minimum absolute atomic E-state index is 0.0667. The van der Waals surface area contributed by atoms with Gasteiger partial charge in [0.15, 0.2) is 0 Å². The highest BCUT2D eigenvalue weighted by Gasteiger charge is 2.37. The topological polar surface area (TPSA) is 47.9 Å². The number of hydrogen-bond donors (Lipinski definition) is 1. The van der Waals surface area contributed by atoms with E-state index in [1.54, 1.807) is 11.8 Å². The van der Waals surface area contributed by atoms with Crippen molar-refractivity contribution >= 4 is 29.2 Å². The monoisotopic (exact) mass is 304 g/mol. The first-order valence-corrected chi connectivity index (χ1v) is 8.26. The van der Waals surface area contributed by atoms with Crippen LogP contribution in [0.15, 0.2) is 29.3 Å². The van der Waals surface area contributed by atoms with E-state index < -0.39 is 0 Å². The summed E-state index contributed by atoms with van der Waals surface area (Å²) in [6, 6.07) is 7.75. The van der Waals surface area contributed by atoms with Crippen LogP contribution in [-0.2, 0) is 0 Å². The fraction of sp³-hybridized carbons (Fsp3) is 0.467. The molecule has 1 unspecified atom stereocenters. The summed E-state index contributed by atoms with van der Waals surface area (Å²) < 4.78 is 0. The van der Waals surface area contributed by atoms with Crippen LogP contribution in [0.2, 0.25) is 0 Å². The molecule has 1 aromatic carbocycles. The number of amides is 1. The summed E-state index contributed by atoms with van der Waals surface area (Å²) in [4.78, 5) is 21.4. The molecule has 0 aromatic heterocycles. The molecular weight excluding hydrogens is 284 g/mol. The number of amidine groups is 1. The Labute approximate surface area is 129 Å². The summed E-state index contributed by atoms with van der Waals surface area (Å²) in [5.74, 6) is 2.67. The molecule has 0 spiro atoms. The highest BCUT2D eigenvalue weighted by molar-refractivity contribution is 7.99. The van der Waals surface area contributed by atoms with Crippen LogP contribution in [0.3, 0.4) is 0 Å². The minimum atomic E-state index is 0.0667. The van der Waals surface area contributed by atoms with Crippen LogP contribution in [0.25, 0.3) is 0 Å². The maximum absolute atomic E-state index is 12.7. The number of carbonyl (C=O) groups is 1. The Balaban J connectivity index is 1.92. The Morgan fingerprint density at radius 1 is 1.43 bits per heavy atom. The lowest BCUT2D eigenvalue weighted by Crippen LogP contribution is -2.42. The summed E-state index contributed by atoms with van der Waals surface area (Å²) in [6.45, 7) is 1.64. The standard InChI is InChI=1S/C15H20N4OS/c1-18(2)8-7-16-14-13-9-21-10-19(13)15(20)11-5-3-4-6-12(11)17-14/h3-6,13H,7-10H2,1-2H3,(H,16,17). The number of nitrogens with zero attached hydrogens (tertiary/aromatic N) is 3. The van der Waals surface area contributed by atoms with Crippen LogP contribution in [0.1, 0.15) is 10.4 Å². The number of benzene rings is 1. The van der Waals surface area contributed by atoms with Crippen molar-refractivity contribution in [2.75, 3.05) is 44.1 Å². The van der Waals surface area contributed by atoms with E-state index in [-0.39, 0.29) is 11.9 Å². The van der Waals surface area contributed by atoms with Gasteiger partial charge in [0.05, 0.1) is 29.7 Å². The molecule has 0 bridgehead atoms. The molecule has 1 amide bonds. The number of fused-ring (bicyclic) bond motifs is 2. The summed E-state index contributed by atoms with van der Waals surface area (Å²) in [7, 11) is 4.08. The van der Waals surface area contributed by atoms with Gasteiger partial charge in [-0.2, -0.15) is 0 Å². The predicted molar refractivity (Wildman–Crippen MR) is 88.2 cm³/mol. The van der Waals surface area contributed by atoms with Gasteiger partial charge in [-0.3, -0.25) is 9.79 Å². The molecule has 0 aliphatic carbocycles. The number of rotatable bonds is 3. The molecule has 0 radical (unpaired) electrons. The summed E-state index contributed by atoms with van der Waals surface area (Å²) in [5, 5.41) is 3.39. The van der Waals surface area contributed by atoms with E-state index in [9.17, 15) is 4.79 Å². The fourth-order valence-corrected chi connectivity index (χ4v) is 3.70. The van der Waals surface area contributed by atoms with E-state index in [2.05, 4.69) is 10.2 Å². The van der Waals surface area contributed by atoms with Crippen molar-refractivity contribution in [3.63, 3.8) is 0 Å².